The van der Waals surface area contributed by atoms with Crippen LogP contribution in [0, 0.1) is 5.92 Å². The van der Waals surface area contributed by atoms with Crippen LogP contribution in [0.5, 0.6) is 0 Å². The maximum atomic E-state index is 11.5. The number of hydrogen-bond acceptors (Lipinski definition) is 2. The molecule has 0 spiro atoms. The highest BCUT2D eigenvalue weighted by molar-refractivity contribution is 9.11. The molecule has 1 atom stereocenters. The topological polar surface area (TPSA) is 41.1 Å². The fourth-order valence-electron chi connectivity index (χ4n) is 1.40. The van der Waals surface area contributed by atoms with Gasteiger partial charge in [0.15, 0.2) is 0 Å². The predicted octanol–water partition coefficient (Wildman–Crippen LogP) is 1.43. The van der Waals surface area contributed by atoms with Gasteiger partial charge in [-0.05, 0) is 19.4 Å². The van der Waals surface area contributed by atoms with Crippen LogP contribution < -0.4 is 10.6 Å². The summed E-state index contributed by atoms with van der Waals surface area (Å²) in [5.74, 6) is 0.272. The number of piperidine rings is 1. The SMILES string of the molecule is C=C(Br)CNC(=O)[C@@H]1CCCNC1.Cl. The van der Waals surface area contributed by atoms with E-state index in [4.69, 9.17) is 0 Å². The molecule has 1 amide bonds. The Kier molecular flexibility index (Phi) is 7.23. The summed E-state index contributed by atoms with van der Waals surface area (Å²) in [6.07, 6.45) is 2.08. The maximum absolute atomic E-state index is 11.5. The first-order chi connectivity index (χ1) is 6.20. The van der Waals surface area contributed by atoms with Gasteiger partial charge in [0.05, 0.1) is 5.92 Å². The van der Waals surface area contributed by atoms with Crippen molar-refractivity contribution in [3.05, 3.63) is 11.1 Å². The lowest BCUT2D eigenvalue weighted by Crippen LogP contribution is -2.40. The molecule has 1 heterocycles. The molecule has 0 aromatic heterocycles. The molecule has 3 nitrogen and oxygen atoms in total. The van der Waals surface area contributed by atoms with E-state index in [0.29, 0.717) is 6.54 Å². The minimum absolute atomic E-state index is 0. The van der Waals surface area contributed by atoms with Crippen molar-refractivity contribution in [3.63, 3.8) is 0 Å². The largest absolute Gasteiger partial charge is 0.351 e. The van der Waals surface area contributed by atoms with Crippen LogP contribution in [0.25, 0.3) is 0 Å². The highest BCUT2D eigenvalue weighted by atomic mass is 79.9. The monoisotopic (exact) mass is 282 g/mol. The van der Waals surface area contributed by atoms with Gasteiger partial charge in [0, 0.05) is 17.6 Å². The lowest BCUT2D eigenvalue weighted by Gasteiger charge is -2.21. The molecule has 1 saturated heterocycles. The van der Waals surface area contributed by atoms with Gasteiger partial charge in [0.2, 0.25) is 5.91 Å². The summed E-state index contributed by atoms with van der Waals surface area (Å²) in [5.41, 5.74) is 0. The number of hydrogen-bond donors (Lipinski definition) is 2. The maximum Gasteiger partial charge on any atom is 0.224 e. The molecule has 2 N–H and O–H groups in total. The Bertz CT molecular complexity index is 205. The van der Waals surface area contributed by atoms with Crippen molar-refractivity contribution in [2.24, 2.45) is 5.92 Å². The molecule has 82 valence electrons. The molecule has 0 bridgehead atoms. The fourth-order valence-corrected chi connectivity index (χ4v) is 1.54. The van der Waals surface area contributed by atoms with Crippen molar-refractivity contribution in [3.8, 4) is 0 Å². The molecule has 5 heteroatoms. The second-order valence-electron chi connectivity index (χ2n) is 3.28. The molecule has 1 rings (SSSR count). The van der Waals surface area contributed by atoms with Crippen LogP contribution in [-0.2, 0) is 4.79 Å². The van der Waals surface area contributed by atoms with Crippen LogP contribution in [0.15, 0.2) is 11.1 Å². The second-order valence-corrected chi connectivity index (χ2v) is 4.40. The van der Waals surface area contributed by atoms with Crippen LogP contribution in [0.4, 0.5) is 0 Å². The van der Waals surface area contributed by atoms with E-state index in [1.165, 1.54) is 0 Å². The van der Waals surface area contributed by atoms with Gasteiger partial charge in [-0.3, -0.25) is 4.79 Å². The molecule has 0 aromatic rings. The Morgan fingerprint density at radius 2 is 2.36 bits per heavy atom. The van der Waals surface area contributed by atoms with Crippen molar-refractivity contribution in [2.75, 3.05) is 19.6 Å². The van der Waals surface area contributed by atoms with Gasteiger partial charge in [0.25, 0.3) is 0 Å². The molecule has 0 saturated carbocycles. The highest BCUT2D eigenvalue weighted by Gasteiger charge is 2.19. The molecule has 0 radical (unpaired) electrons. The Morgan fingerprint density at radius 1 is 1.64 bits per heavy atom. The number of rotatable bonds is 3. The summed E-state index contributed by atoms with van der Waals surface area (Å²) in [5, 5.41) is 6.03. The van der Waals surface area contributed by atoms with Gasteiger partial charge < -0.3 is 10.6 Å². The summed E-state index contributed by atoms with van der Waals surface area (Å²) in [4.78, 5) is 11.5. The third-order valence-electron chi connectivity index (χ3n) is 2.12. The molecular formula is C9H16BrClN2O. The van der Waals surface area contributed by atoms with Gasteiger partial charge in [-0.25, -0.2) is 0 Å². The standard InChI is InChI=1S/C9H15BrN2O.ClH/c1-7(10)5-12-9(13)8-3-2-4-11-6-8;/h8,11H,1-6H2,(H,12,13);1H/t8-;/m1./s1. The number of halogens is 2. The minimum Gasteiger partial charge on any atom is -0.351 e. The smallest absolute Gasteiger partial charge is 0.224 e. The molecule has 0 unspecified atom stereocenters. The Balaban J connectivity index is 0.00000169. The van der Waals surface area contributed by atoms with Crippen molar-refractivity contribution >= 4 is 34.2 Å². The zero-order valence-corrected chi connectivity index (χ0v) is 10.4. The van der Waals surface area contributed by atoms with E-state index in [9.17, 15) is 4.79 Å². The lowest BCUT2D eigenvalue weighted by molar-refractivity contribution is -0.125. The van der Waals surface area contributed by atoms with Gasteiger partial charge in [-0.2, -0.15) is 0 Å². The van der Waals surface area contributed by atoms with Crippen LogP contribution in [0.3, 0.4) is 0 Å². The van der Waals surface area contributed by atoms with Gasteiger partial charge in [-0.1, -0.05) is 22.5 Å². The summed E-state index contributed by atoms with van der Waals surface area (Å²) < 4.78 is 0.810. The summed E-state index contributed by atoms with van der Waals surface area (Å²) >= 11 is 3.20. The van der Waals surface area contributed by atoms with Crippen molar-refractivity contribution in [1.29, 1.82) is 0 Å². The van der Waals surface area contributed by atoms with Gasteiger partial charge in [-0.15, -0.1) is 12.4 Å². The van der Waals surface area contributed by atoms with Crippen molar-refractivity contribution in [1.82, 2.24) is 10.6 Å². The summed E-state index contributed by atoms with van der Waals surface area (Å²) in [6.45, 7) is 6.02. The fraction of sp³-hybridized carbons (Fsp3) is 0.667. The summed E-state index contributed by atoms with van der Waals surface area (Å²) in [6, 6.07) is 0. The van der Waals surface area contributed by atoms with Crippen molar-refractivity contribution in [2.45, 2.75) is 12.8 Å². The van der Waals surface area contributed by atoms with E-state index in [2.05, 4.69) is 33.1 Å². The average Bonchev–Trinajstić information content (AvgIpc) is 2.15. The van der Waals surface area contributed by atoms with E-state index in [0.717, 1.165) is 30.4 Å². The Morgan fingerprint density at radius 3 is 2.86 bits per heavy atom. The third kappa shape index (κ3) is 4.98. The first kappa shape index (κ1) is 13.9. The first-order valence-corrected chi connectivity index (χ1v) is 5.31. The Labute approximate surface area is 99.2 Å². The number of nitrogens with one attached hydrogen (secondary N) is 2. The predicted molar refractivity (Wildman–Crippen MR) is 63.9 cm³/mol. The molecule has 0 aromatic carbocycles. The van der Waals surface area contributed by atoms with Crippen LogP contribution in [-0.4, -0.2) is 25.5 Å². The molecule has 1 aliphatic heterocycles. The Hall–Kier alpha value is -0.0600. The van der Waals surface area contributed by atoms with E-state index >= 15 is 0 Å². The third-order valence-corrected chi connectivity index (χ3v) is 2.40. The quantitative estimate of drug-likeness (QED) is 0.823. The second kappa shape index (κ2) is 7.26. The van der Waals surface area contributed by atoms with Crippen molar-refractivity contribution < 1.29 is 4.79 Å². The van der Waals surface area contributed by atoms with Crippen LogP contribution in [0.2, 0.25) is 0 Å². The zero-order valence-electron chi connectivity index (χ0n) is 8.01. The molecular weight excluding hydrogens is 267 g/mol. The van der Waals surface area contributed by atoms with E-state index in [-0.39, 0.29) is 24.2 Å². The van der Waals surface area contributed by atoms with Crippen LogP contribution in [0.1, 0.15) is 12.8 Å². The van der Waals surface area contributed by atoms with E-state index in [1.54, 1.807) is 0 Å². The lowest BCUT2D eigenvalue weighted by atomic mass is 9.99. The number of carbonyl (C=O) groups excluding carboxylic acids is 1. The first-order valence-electron chi connectivity index (χ1n) is 4.52. The van der Waals surface area contributed by atoms with Crippen LogP contribution >= 0.6 is 28.3 Å². The van der Waals surface area contributed by atoms with Gasteiger partial charge in [0.1, 0.15) is 0 Å². The zero-order chi connectivity index (χ0) is 9.68. The number of carbonyl (C=O) groups is 1. The highest BCUT2D eigenvalue weighted by Crippen LogP contribution is 2.09. The molecule has 14 heavy (non-hydrogen) atoms. The summed E-state index contributed by atoms with van der Waals surface area (Å²) in [7, 11) is 0. The molecule has 0 aliphatic carbocycles. The average molecular weight is 284 g/mol. The van der Waals surface area contributed by atoms with E-state index in [1.807, 2.05) is 0 Å². The molecule has 1 fully saturated rings. The molecule has 1 aliphatic rings. The minimum atomic E-state index is 0. The normalized spacial score (nSPS) is 20.8. The van der Waals surface area contributed by atoms with Gasteiger partial charge >= 0.3 is 0 Å². The van der Waals surface area contributed by atoms with E-state index < -0.39 is 0 Å². The number of amides is 1.